The number of methoxy groups -OCH3 is 1. The Morgan fingerprint density at radius 3 is 2.09 bits per heavy atom. The second-order valence-electron chi connectivity index (χ2n) is 8.65. The number of nitrogens with zero attached hydrogens (tertiary/aromatic N) is 1. The Bertz CT molecular complexity index is 1100. The molecular weight excluding hydrogens is 418 g/mol. The van der Waals surface area contributed by atoms with E-state index < -0.39 is 23.6 Å². The van der Waals surface area contributed by atoms with Gasteiger partial charge in [0.05, 0.1) is 7.11 Å². The first-order valence-corrected chi connectivity index (χ1v) is 10.8. The molecule has 1 unspecified atom stereocenters. The fraction of sp³-hybridized carbons (Fsp3) is 0.259. The van der Waals surface area contributed by atoms with Gasteiger partial charge in [0.25, 0.3) is 5.91 Å². The first-order valence-electron chi connectivity index (χ1n) is 10.8. The Morgan fingerprint density at radius 1 is 0.909 bits per heavy atom. The first kappa shape index (κ1) is 22.4. The molecule has 0 radical (unpaired) electrons. The second-order valence-corrected chi connectivity index (χ2v) is 8.65. The third kappa shape index (κ3) is 4.85. The normalized spacial score (nSPS) is 18.0. The summed E-state index contributed by atoms with van der Waals surface area (Å²) in [5.41, 5.74) is 0.855. The van der Waals surface area contributed by atoms with Crippen LogP contribution in [0.2, 0.25) is 0 Å². The summed E-state index contributed by atoms with van der Waals surface area (Å²) in [6.45, 7) is 4.30. The van der Waals surface area contributed by atoms with Crippen molar-refractivity contribution in [2.24, 2.45) is 5.41 Å². The zero-order chi connectivity index (χ0) is 23.4. The van der Waals surface area contributed by atoms with Crippen LogP contribution in [0.25, 0.3) is 0 Å². The molecule has 6 heteroatoms. The van der Waals surface area contributed by atoms with E-state index >= 15 is 0 Å². The molecule has 0 saturated carbocycles. The number of para-hydroxylation sites is 1. The average Bonchev–Trinajstić information content (AvgIpc) is 3.07. The predicted molar refractivity (Wildman–Crippen MR) is 125 cm³/mol. The Morgan fingerprint density at radius 2 is 1.48 bits per heavy atom. The van der Waals surface area contributed by atoms with Crippen LogP contribution < -0.4 is 14.4 Å². The lowest BCUT2D eigenvalue weighted by atomic mass is 9.89. The number of hydrogen-bond acceptors (Lipinski definition) is 5. The number of carbonyl (C=O) groups excluding carboxylic acids is 2. The highest BCUT2D eigenvalue weighted by atomic mass is 16.6. The van der Waals surface area contributed by atoms with E-state index in [1.165, 1.54) is 0 Å². The molecular formula is C27H27NO5. The fourth-order valence-corrected chi connectivity index (χ4v) is 3.93. The van der Waals surface area contributed by atoms with Crippen LogP contribution in [0.3, 0.4) is 0 Å². The maximum Gasteiger partial charge on any atom is 0.352 e. The van der Waals surface area contributed by atoms with Crippen molar-refractivity contribution in [3.63, 3.8) is 0 Å². The van der Waals surface area contributed by atoms with Crippen LogP contribution in [0.4, 0.5) is 5.69 Å². The highest BCUT2D eigenvalue weighted by Crippen LogP contribution is 2.37. The van der Waals surface area contributed by atoms with Gasteiger partial charge in [0.1, 0.15) is 11.5 Å². The summed E-state index contributed by atoms with van der Waals surface area (Å²) in [5.74, 6) is 0.319. The summed E-state index contributed by atoms with van der Waals surface area (Å²) in [4.78, 5) is 28.3. The third-order valence-electron chi connectivity index (χ3n) is 5.70. The molecule has 1 fully saturated rings. The molecule has 6 nitrogen and oxygen atoms in total. The molecule has 1 heterocycles. The maximum atomic E-state index is 13.4. The molecule has 170 valence electrons. The smallest absolute Gasteiger partial charge is 0.352 e. The zero-order valence-corrected chi connectivity index (χ0v) is 18.9. The van der Waals surface area contributed by atoms with Crippen molar-refractivity contribution in [3.8, 4) is 11.5 Å². The van der Waals surface area contributed by atoms with Crippen molar-refractivity contribution in [1.29, 1.82) is 0 Å². The second kappa shape index (κ2) is 9.36. The van der Waals surface area contributed by atoms with Gasteiger partial charge in [0.2, 0.25) is 6.10 Å². The summed E-state index contributed by atoms with van der Waals surface area (Å²) in [6, 6.07) is 25.5. The average molecular weight is 446 g/mol. The molecule has 33 heavy (non-hydrogen) atoms. The van der Waals surface area contributed by atoms with Crippen molar-refractivity contribution in [3.05, 3.63) is 90.5 Å². The van der Waals surface area contributed by atoms with Gasteiger partial charge < -0.3 is 19.1 Å². The molecule has 1 aliphatic rings. The summed E-state index contributed by atoms with van der Waals surface area (Å²) in [7, 11) is 1.58. The van der Waals surface area contributed by atoms with Crippen LogP contribution in [0.5, 0.6) is 11.5 Å². The number of rotatable bonds is 7. The van der Waals surface area contributed by atoms with Crippen molar-refractivity contribution in [2.45, 2.75) is 26.1 Å². The van der Waals surface area contributed by atoms with Crippen LogP contribution in [-0.2, 0) is 14.3 Å². The maximum absolute atomic E-state index is 13.4. The van der Waals surface area contributed by atoms with Gasteiger partial charge >= 0.3 is 5.97 Å². The van der Waals surface area contributed by atoms with E-state index in [1.54, 1.807) is 48.4 Å². The molecule has 1 amide bonds. The quantitative estimate of drug-likeness (QED) is 0.489. The zero-order valence-electron chi connectivity index (χ0n) is 18.9. The van der Waals surface area contributed by atoms with Crippen molar-refractivity contribution >= 4 is 17.6 Å². The molecule has 0 bridgehead atoms. The lowest BCUT2D eigenvalue weighted by Crippen LogP contribution is -2.38. The number of anilines is 1. The molecule has 3 aromatic carbocycles. The van der Waals surface area contributed by atoms with Gasteiger partial charge in [-0.15, -0.1) is 0 Å². The number of amides is 1. The van der Waals surface area contributed by atoms with Gasteiger partial charge in [-0.3, -0.25) is 4.79 Å². The van der Waals surface area contributed by atoms with Gasteiger partial charge in [0, 0.05) is 23.2 Å². The molecule has 1 saturated heterocycles. The van der Waals surface area contributed by atoms with Gasteiger partial charge in [-0.2, -0.15) is 0 Å². The molecule has 0 aliphatic carbocycles. The monoisotopic (exact) mass is 445 g/mol. The topological polar surface area (TPSA) is 65.1 Å². The molecule has 4 rings (SSSR count). The summed E-state index contributed by atoms with van der Waals surface area (Å²) in [5, 5.41) is 0. The van der Waals surface area contributed by atoms with E-state index in [0.717, 1.165) is 5.69 Å². The van der Waals surface area contributed by atoms with Crippen LogP contribution in [0.1, 0.15) is 25.5 Å². The number of carbonyl (C=O) groups is 2. The highest BCUT2D eigenvalue weighted by Gasteiger charge is 2.50. The molecule has 0 aromatic heterocycles. The molecule has 2 atom stereocenters. The standard InChI is InChI=1S/C27H27NO5/c1-27(2)18-28(20-12-8-5-9-13-20)25(29)24(27)33-26(30)23(19-10-6-4-7-11-19)32-22-16-14-21(31-3)15-17-22/h4-17,23-24H,18H2,1-3H3/t23?,24-/m1/s1. The predicted octanol–water partition coefficient (Wildman–Crippen LogP) is 4.80. The van der Waals surface area contributed by atoms with Crippen LogP contribution in [-0.4, -0.2) is 31.6 Å². The minimum Gasteiger partial charge on any atom is -0.497 e. The number of ether oxygens (including phenoxy) is 3. The van der Waals surface area contributed by atoms with Gasteiger partial charge in [-0.25, -0.2) is 4.79 Å². The fourth-order valence-electron chi connectivity index (χ4n) is 3.93. The Hall–Kier alpha value is -3.80. The highest BCUT2D eigenvalue weighted by molar-refractivity contribution is 6.01. The van der Waals surface area contributed by atoms with Crippen molar-refractivity contribution in [2.75, 3.05) is 18.6 Å². The van der Waals surface area contributed by atoms with E-state index in [9.17, 15) is 9.59 Å². The number of hydrogen-bond donors (Lipinski definition) is 0. The van der Waals surface area contributed by atoms with Gasteiger partial charge in [-0.1, -0.05) is 62.4 Å². The van der Waals surface area contributed by atoms with E-state index in [2.05, 4.69) is 0 Å². The summed E-state index contributed by atoms with van der Waals surface area (Å²) < 4.78 is 17.1. The van der Waals surface area contributed by atoms with Crippen molar-refractivity contribution in [1.82, 2.24) is 0 Å². The molecule has 1 aliphatic heterocycles. The van der Waals surface area contributed by atoms with Gasteiger partial charge in [-0.05, 0) is 36.4 Å². The summed E-state index contributed by atoms with van der Waals surface area (Å²) >= 11 is 0. The van der Waals surface area contributed by atoms with Crippen LogP contribution >= 0.6 is 0 Å². The first-order chi connectivity index (χ1) is 15.9. The SMILES string of the molecule is COc1ccc(OC(C(=O)O[C@@H]2C(=O)N(c3ccccc3)CC2(C)C)c2ccccc2)cc1. The third-order valence-corrected chi connectivity index (χ3v) is 5.70. The van der Waals surface area contributed by atoms with E-state index in [4.69, 9.17) is 14.2 Å². The Kier molecular flexibility index (Phi) is 6.36. The van der Waals surface area contributed by atoms with E-state index in [0.29, 0.717) is 23.6 Å². The lowest BCUT2D eigenvalue weighted by molar-refractivity contribution is -0.165. The molecule has 0 spiro atoms. The lowest BCUT2D eigenvalue weighted by Gasteiger charge is -2.26. The van der Waals surface area contributed by atoms with Crippen LogP contribution in [0, 0.1) is 5.41 Å². The van der Waals surface area contributed by atoms with E-state index in [1.807, 2.05) is 62.4 Å². The number of benzene rings is 3. The minimum atomic E-state index is -1.02. The largest absolute Gasteiger partial charge is 0.497 e. The number of esters is 1. The molecule has 3 aromatic rings. The van der Waals surface area contributed by atoms with Crippen molar-refractivity contribution < 1.29 is 23.8 Å². The van der Waals surface area contributed by atoms with Gasteiger partial charge in [0.15, 0.2) is 6.10 Å². The summed E-state index contributed by atoms with van der Waals surface area (Å²) in [6.07, 6.45) is -1.94. The van der Waals surface area contributed by atoms with Crippen LogP contribution in [0.15, 0.2) is 84.9 Å². The minimum absolute atomic E-state index is 0.240. The Balaban J connectivity index is 1.57. The van der Waals surface area contributed by atoms with E-state index in [-0.39, 0.29) is 5.91 Å². The Labute approximate surface area is 193 Å². The molecule has 0 N–H and O–H groups in total.